The van der Waals surface area contributed by atoms with Crippen molar-refractivity contribution in [3.05, 3.63) is 47.6 Å². The molecule has 7 unspecified atom stereocenters. The van der Waals surface area contributed by atoms with Gasteiger partial charge in [0, 0.05) is 59.0 Å². The first-order chi connectivity index (χ1) is 30.3. The highest BCUT2D eigenvalue weighted by molar-refractivity contribution is 6.39. The zero-order valence-corrected chi connectivity index (χ0v) is 39.7. The van der Waals surface area contributed by atoms with E-state index < -0.39 is 77.9 Å². The molecule has 0 aromatic carbocycles. The van der Waals surface area contributed by atoms with E-state index in [0.717, 1.165) is 12.0 Å². The van der Waals surface area contributed by atoms with Gasteiger partial charge in [-0.15, -0.1) is 0 Å². The number of fused-ring (bicyclic) bond motifs is 3. The molecule has 3 N–H and O–H groups in total. The van der Waals surface area contributed by atoms with Crippen LogP contribution >= 0.6 is 0 Å². The summed E-state index contributed by atoms with van der Waals surface area (Å²) in [5.41, 5.74) is 1.27. The van der Waals surface area contributed by atoms with Crippen molar-refractivity contribution >= 4 is 29.2 Å². The monoisotopic (exact) mass is 900 g/mol. The van der Waals surface area contributed by atoms with E-state index in [0.29, 0.717) is 63.4 Å². The molecule has 1 aliphatic carbocycles. The van der Waals surface area contributed by atoms with Crippen LogP contribution in [0, 0.1) is 29.6 Å². The van der Waals surface area contributed by atoms with Gasteiger partial charge in [-0.05, 0) is 107 Å². The lowest BCUT2D eigenvalue weighted by molar-refractivity contribution is -0.265. The maximum absolute atomic E-state index is 14.3. The Bertz CT molecular complexity index is 1720. The van der Waals surface area contributed by atoms with Crippen molar-refractivity contribution in [2.24, 2.45) is 29.6 Å². The Morgan fingerprint density at radius 1 is 0.859 bits per heavy atom. The van der Waals surface area contributed by atoms with E-state index in [9.17, 15) is 39.3 Å². The summed E-state index contributed by atoms with van der Waals surface area (Å²) in [6.45, 7) is 11.0. The van der Waals surface area contributed by atoms with Crippen LogP contribution in [-0.4, -0.2) is 132 Å². The van der Waals surface area contributed by atoms with Gasteiger partial charge < -0.3 is 43.9 Å². The molecule has 1 saturated carbocycles. The highest BCUT2D eigenvalue weighted by Crippen LogP contribution is 2.37. The molecule has 360 valence electrons. The quantitative estimate of drug-likeness (QED) is 0.161. The third-order valence-electron chi connectivity index (χ3n) is 14.1. The summed E-state index contributed by atoms with van der Waals surface area (Å²) in [5.74, 6) is -7.18. The van der Waals surface area contributed by atoms with Crippen LogP contribution < -0.4 is 0 Å². The molecule has 1 amide bonds. The Kier molecular flexibility index (Phi) is 20.8. The minimum Gasteiger partial charge on any atom is -0.460 e. The van der Waals surface area contributed by atoms with Crippen molar-refractivity contribution in [3.63, 3.8) is 0 Å². The van der Waals surface area contributed by atoms with Crippen LogP contribution in [0.4, 0.5) is 0 Å². The maximum atomic E-state index is 14.3. The number of amides is 1. The molecule has 2 bridgehead atoms. The van der Waals surface area contributed by atoms with Crippen LogP contribution in [0.1, 0.15) is 125 Å². The first-order valence-electron chi connectivity index (χ1n) is 23.5. The van der Waals surface area contributed by atoms with E-state index in [2.05, 4.69) is 0 Å². The second kappa shape index (κ2) is 25.0. The summed E-state index contributed by atoms with van der Waals surface area (Å²) in [4.78, 5) is 71.2. The van der Waals surface area contributed by atoms with E-state index in [1.807, 2.05) is 58.1 Å². The van der Waals surface area contributed by atoms with Gasteiger partial charge in [-0.1, -0.05) is 64.2 Å². The van der Waals surface area contributed by atoms with Gasteiger partial charge in [-0.2, -0.15) is 0 Å². The third kappa shape index (κ3) is 14.1. The van der Waals surface area contributed by atoms with Crippen LogP contribution in [0.5, 0.6) is 0 Å². The molecule has 64 heavy (non-hydrogen) atoms. The van der Waals surface area contributed by atoms with Crippen molar-refractivity contribution < 1.29 is 63.0 Å². The summed E-state index contributed by atoms with van der Waals surface area (Å²) in [5, 5.41) is 33.7. The van der Waals surface area contributed by atoms with Crippen LogP contribution in [0.25, 0.3) is 0 Å². The molecule has 2 saturated heterocycles. The van der Waals surface area contributed by atoms with Gasteiger partial charge >= 0.3 is 5.97 Å². The van der Waals surface area contributed by atoms with Gasteiger partial charge in [0.15, 0.2) is 5.78 Å². The molecule has 0 radical (unpaired) electrons. The second-order valence-corrected chi connectivity index (χ2v) is 19.1. The average molecular weight is 900 g/mol. The number of carbonyl (C=O) groups is 5. The molecule has 14 heteroatoms. The molecule has 14 atom stereocenters. The number of esters is 1. The topological polar surface area (TPSA) is 195 Å². The molecule has 3 fully saturated rings. The Hall–Kier alpha value is -3.37. The van der Waals surface area contributed by atoms with Crippen molar-refractivity contribution in [2.75, 3.05) is 27.9 Å². The number of ether oxygens (including phenoxy) is 5. The molecule has 4 rings (SSSR count). The number of carbonyl (C=O) groups excluding carboxylic acids is 5. The highest BCUT2D eigenvalue weighted by atomic mass is 16.6. The number of aliphatic hydroxyl groups is 3. The Morgan fingerprint density at radius 3 is 2.28 bits per heavy atom. The molecule has 3 aliphatic heterocycles. The number of methoxy groups -OCH3 is 3. The fourth-order valence-corrected chi connectivity index (χ4v) is 9.85. The molecule has 0 aromatic heterocycles. The number of allylic oxidation sites excluding steroid dienone is 6. The number of ketones is 3. The normalized spacial score (nSPS) is 39.7. The standard InChI is InChI=1S/C50H77NO13/c1-30-15-11-10-12-16-31(2)41(60-7)29-38-22-19-35(6)50(59,64-38)47(56)48(57)51-24-14-13-17-39(51)49(58)63-42(33(4)26-36-20-23-40(53)43(27-36)61-8)28-37(52)21-18-32(3)44(54)46(62-9)45(55)34(5)25-30/h10-12,15-16,18,30,33-36,38-44,46,53-54,59H,13-14,17,19-29H2,1-9H3/b12-10+,15-11+,31-16+,32-18+/t30-,33-,34?,35?,36?,38+,39?,40-,41+,42+,43?,44-,46?,50?/m1/s1. The molecule has 0 aromatic rings. The highest BCUT2D eigenvalue weighted by Gasteiger charge is 2.53. The van der Waals surface area contributed by atoms with Crippen molar-refractivity contribution in [3.8, 4) is 0 Å². The van der Waals surface area contributed by atoms with Gasteiger partial charge in [-0.3, -0.25) is 19.2 Å². The number of piperidine rings is 1. The molecule has 14 nitrogen and oxygen atoms in total. The van der Waals surface area contributed by atoms with E-state index in [-0.39, 0.29) is 61.2 Å². The lowest BCUT2D eigenvalue weighted by Gasteiger charge is -2.42. The predicted octanol–water partition coefficient (Wildman–Crippen LogP) is 5.93. The molecule has 0 spiro atoms. The molecule has 3 heterocycles. The van der Waals surface area contributed by atoms with E-state index >= 15 is 0 Å². The van der Waals surface area contributed by atoms with Crippen LogP contribution in [-0.2, 0) is 47.7 Å². The van der Waals surface area contributed by atoms with E-state index in [1.54, 1.807) is 34.1 Å². The van der Waals surface area contributed by atoms with Crippen LogP contribution in [0.2, 0.25) is 0 Å². The number of nitrogens with zero attached hydrogens (tertiary/aromatic N) is 1. The summed E-state index contributed by atoms with van der Waals surface area (Å²) < 4.78 is 29.2. The SMILES string of the molecule is COC1CC(C[C@@H](C)[C@@H]2CC(=O)C/C=C(\C)[C@@H](O)C(OC)C(=O)C(C)C[C@H](C)/C=C/C=C/C=C(\C)[C@@H](OC)C[C@@H]3CCC(C)C(O)(O3)C(=O)C(=O)N3CCCCC3C(=O)O2)CC[C@H]1O. The van der Waals surface area contributed by atoms with Gasteiger partial charge in [0.1, 0.15) is 30.1 Å². The molecular weight excluding hydrogens is 823 g/mol. The van der Waals surface area contributed by atoms with E-state index in [1.165, 1.54) is 12.0 Å². The molecular formula is C50H77NO13. The van der Waals surface area contributed by atoms with Crippen molar-refractivity contribution in [1.29, 1.82) is 0 Å². The minimum absolute atomic E-state index is 0.0239. The van der Waals surface area contributed by atoms with Crippen molar-refractivity contribution in [1.82, 2.24) is 4.90 Å². The predicted molar refractivity (Wildman–Crippen MR) is 241 cm³/mol. The smallest absolute Gasteiger partial charge is 0.329 e. The largest absolute Gasteiger partial charge is 0.460 e. The van der Waals surface area contributed by atoms with Gasteiger partial charge in [0.05, 0.1) is 24.4 Å². The Morgan fingerprint density at radius 2 is 1.59 bits per heavy atom. The zero-order valence-electron chi connectivity index (χ0n) is 39.7. The zero-order chi connectivity index (χ0) is 47.3. The first kappa shape index (κ1) is 53.2. The first-order valence-corrected chi connectivity index (χ1v) is 23.5. The fourth-order valence-electron chi connectivity index (χ4n) is 9.85. The lowest BCUT2D eigenvalue weighted by atomic mass is 9.78. The number of aliphatic hydroxyl groups excluding tert-OH is 2. The average Bonchev–Trinajstić information content (AvgIpc) is 3.27. The maximum Gasteiger partial charge on any atom is 0.329 e. The van der Waals surface area contributed by atoms with E-state index in [4.69, 9.17) is 23.7 Å². The van der Waals surface area contributed by atoms with Crippen molar-refractivity contribution in [2.45, 2.75) is 180 Å². The number of hydrogen-bond donors (Lipinski definition) is 3. The summed E-state index contributed by atoms with van der Waals surface area (Å²) >= 11 is 0. The fraction of sp³-hybridized carbons (Fsp3) is 0.740. The molecule has 4 aliphatic rings. The van der Waals surface area contributed by atoms with Gasteiger partial charge in [0.2, 0.25) is 5.79 Å². The van der Waals surface area contributed by atoms with Gasteiger partial charge in [-0.25, -0.2) is 4.79 Å². The number of hydrogen-bond acceptors (Lipinski definition) is 13. The Balaban J connectivity index is 1.68. The second-order valence-electron chi connectivity index (χ2n) is 19.1. The lowest BCUT2D eigenvalue weighted by Crippen LogP contribution is -2.61. The number of cyclic esters (lactones) is 1. The van der Waals surface area contributed by atoms with Gasteiger partial charge in [0.25, 0.3) is 11.7 Å². The third-order valence-corrected chi connectivity index (χ3v) is 14.1. The summed E-state index contributed by atoms with van der Waals surface area (Å²) in [6.07, 6.45) is 11.1. The number of Topliss-reactive ketones (excluding diaryl/α,β-unsaturated/α-hetero) is 3. The van der Waals surface area contributed by atoms with Crippen LogP contribution in [0.15, 0.2) is 47.6 Å². The van der Waals surface area contributed by atoms with Crippen LogP contribution in [0.3, 0.4) is 0 Å². The minimum atomic E-state index is -2.42. The summed E-state index contributed by atoms with van der Waals surface area (Å²) in [6, 6.07) is -1.13. The number of rotatable bonds is 6. The Labute approximate surface area is 380 Å². The summed E-state index contributed by atoms with van der Waals surface area (Å²) in [7, 11) is 4.51.